The average molecular weight is 340 g/mol. The largest absolute Gasteiger partial charge is 0.500 e. The predicted molar refractivity (Wildman–Crippen MR) is 109 cm³/mol. The molecule has 0 aromatic rings. The van der Waals surface area contributed by atoms with Crippen LogP contribution in [0.1, 0.15) is 104 Å². The van der Waals surface area contributed by atoms with Crippen molar-refractivity contribution in [3.8, 4) is 0 Å². The van der Waals surface area contributed by atoms with E-state index in [1.165, 1.54) is 103 Å². The molecule has 24 heavy (non-hydrogen) atoms. The fourth-order valence-corrected chi connectivity index (χ4v) is 3.19. The summed E-state index contributed by atoms with van der Waals surface area (Å²) in [5.41, 5.74) is 0. The van der Waals surface area contributed by atoms with Gasteiger partial charge in [-0.1, -0.05) is 97.5 Å². The van der Waals surface area contributed by atoms with E-state index >= 15 is 0 Å². The number of hydrogen-bond acceptors (Lipinski definition) is 2. The van der Waals surface area contributed by atoms with E-state index < -0.39 is 0 Å². The van der Waals surface area contributed by atoms with Crippen LogP contribution < -0.4 is 0 Å². The molecular weight excluding hydrogens is 294 g/mol. The summed E-state index contributed by atoms with van der Waals surface area (Å²) in [6.07, 6.45) is 21.0. The van der Waals surface area contributed by atoms with Crippen molar-refractivity contribution in [3.05, 3.63) is 12.8 Å². The minimum absolute atomic E-state index is 0.788. The summed E-state index contributed by atoms with van der Waals surface area (Å²) in [5.74, 6) is 0. The molecule has 0 aliphatic carbocycles. The summed E-state index contributed by atoms with van der Waals surface area (Å²) in [4.78, 5) is 2.60. The van der Waals surface area contributed by atoms with Gasteiger partial charge in [-0.05, 0) is 25.9 Å². The van der Waals surface area contributed by atoms with Crippen molar-refractivity contribution < 1.29 is 4.74 Å². The fraction of sp³-hybridized carbons (Fsp3) is 0.909. The van der Waals surface area contributed by atoms with Gasteiger partial charge in [0.15, 0.2) is 0 Å². The lowest BCUT2D eigenvalue weighted by Gasteiger charge is -2.22. The molecule has 0 bridgehead atoms. The lowest BCUT2D eigenvalue weighted by molar-refractivity contribution is 0.173. The van der Waals surface area contributed by atoms with Crippen LogP contribution in [-0.4, -0.2) is 31.1 Å². The number of hydrogen-bond donors (Lipinski definition) is 0. The molecule has 0 atom stereocenters. The zero-order valence-electron chi connectivity index (χ0n) is 16.9. The molecule has 0 rings (SSSR count). The molecule has 0 aromatic heterocycles. The standard InChI is InChI=1S/C22H45NO/c1-4-7-9-11-13-15-17-19-23(21-22-24-6-3)20-18-16-14-12-10-8-5-2/h6H,3-5,7-22H2,1-2H3. The molecule has 0 saturated heterocycles. The van der Waals surface area contributed by atoms with Crippen molar-refractivity contribution in [2.24, 2.45) is 0 Å². The van der Waals surface area contributed by atoms with Crippen LogP contribution >= 0.6 is 0 Å². The maximum absolute atomic E-state index is 5.33. The van der Waals surface area contributed by atoms with Gasteiger partial charge in [0.2, 0.25) is 0 Å². The van der Waals surface area contributed by atoms with Crippen LogP contribution in [0.15, 0.2) is 12.8 Å². The molecule has 0 aromatic carbocycles. The monoisotopic (exact) mass is 339 g/mol. The summed E-state index contributed by atoms with van der Waals surface area (Å²) < 4.78 is 5.33. The zero-order chi connectivity index (χ0) is 17.7. The molecule has 2 heteroatoms. The highest BCUT2D eigenvalue weighted by Crippen LogP contribution is 2.10. The highest BCUT2D eigenvalue weighted by Gasteiger charge is 2.04. The molecule has 0 radical (unpaired) electrons. The molecule has 2 nitrogen and oxygen atoms in total. The fourth-order valence-electron chi connectivity index (χ4n) is 3.19. The van der Waals surface area contributed by atoms with E-state index in [2.05, 4.69) is 25.3 Å². The van der Waals surface area contributed by atoms with E-state index in [-0.39, 0.29) is 0 Å². The van der Waals surface area contributed by atoms with Gasteiger partial charge in [-0.15, -0.1) is 0 Å². The van der Waals surface area contributed by atoms with Crippen molar-refractivity contribution in [2.45, 2.75) is 104 Å². The summed E-state index contributed by atoms with van der Waals surface area (Å²) in [7, 11) is 0. The Labute approximate surface area is 153 Å². The summed E-state index contributed by atoms with van der Waals surface area (Å²) in [5, 5.41) is 0. The molecule has 0 saturated carbocycles. The highest BCUT2D eigenvalue weighted by molar-refractivity contribution is 4.61. The number of nitrogens with zero attached hydrogens (tertiary/aromatic N) is 1. The molecule has 0 aliphatic heterocycles. The van der Waals surface area contributed by atoms with E-state index in [0.717, 1.165) is 13.2 Å². The van der Waals surface area contributed by atoms with Crippen LogP contribution in [0.4, 0.5) is 0 Å². The van der Waals surface area contributed by atoms with Gasteiger partial charge in [0.1, 0.15) is 0 Å². The third-order valence-corrected chi connectivity index (χ3v) is 4.80. The Morgan fingerprint density at radius 1 is 0.625 bits per heavy atom. The molecule has 0 spiro atoms. The second kappa shape index (κ2) is 20.5. The van der Waals surface area contributed by atoms with Crippen molar-refractivity contribution in [1.82, 2.24) is 4.90 Å². The molecular formula is C22H45NO. The third-order valence-electron chi connectivity index (χ3n) is 4.80. The average Bonchev–Trinajstić information content (AvgIpc) is 2.59. The second-order valence-corrected chi connectivity index (χ2v) is 7.12. The topological polar surface area (TPSA) is 12.5 Å². The van der Waals surface area contributed by atoms with Gasteiger partial charge in [-0.25, -0.2) is 0 Å². The first-order valence-corrected chi connectivity index (χ1v) is 10.8. The van der Waals surface area contributed by atoms with Crippen LogP contribution in [0.25, 0.3) is 0 Å². The smallest absolute Gasteiger partial charge is 0.0999 e. The maximum atomic E-state index is 5.33. The van der Waals surface area contributed by atoms with Crippen LogP contribution in [0, 0.1) is 0 Å². The Bertz CT molecular complexity index is 224. The number of ether oxygens (including phenoxy) is 1. The zero-order valence-corrected chi connectivity index (χ0v) is 16.9. The van der Waals surface area contributed by atoms with E-state index in [1.54, 1.807) is 6.26 Å². The minimum Gasteiger partial charge on any atom is -0.500 e. The Kier molecular flexibility index (Phi) is 20.1. The Morgan fingerprint density at radius 2 is 1.04 bits per heavy atom. The molecule has 0 fully saturated rings. The van der Waals surface area contributed by atoms with Crippen molar-refractivity contribution in [1.29, 1.82) is 0 Å². The second-order valence-electron chi connectivity index (χ2n) is 7.12. The van der Waals surface area contributed by atoms with Gasteiger partial charge in [0.05, 0.1) is 12.9 Å². The van der Waals surface area contributed by atoms with Crippen LogP contribution in [0.3, 0.4) is 0 Å². The molecule has 0 amide bonds. The summed E-state index contributed by atoms with van der Waals surface area (Å²) in [6, 6.07) is 0. The highest BCUT2D eigenvalue weighted by atomic mass is 16.5. The summed E-state index contributed by atoms with van der Waals surface area (Å²) >= 11 is 0. The Morgan fingerprint density at radius 3 is 1.46 bits per heavy atom. The number of unbranched alkanes of at least 4 members (excludes halogenated alkanes) is 12. The quantitative estimate of drug-likeness (QED) is 0.176. The predicted octanol–water partition coefficient (Wildman–Crippen LogP) is 6.95. The van der Waals surface area contributed by atoms with Crippen LogP contribution in [0.2, 0.25) is 0 Å². The van der Waals surface area contributed by atoms with Crippen molar-refractivity contribution >= 4 is 0 Å². The molecule has 0 unspecified atom stereocenters. The molecule has 0 heterocycles. The van der Waals surface area contributed by atoms with Crippen molar-refractivity contribution in [2.75, 3.05) is 26.2 Å². The van der Waals surface area contributed by atoms with Gasteiger partial charge >= 0.3 is 0 Å². The molecule has 0 aliphatic rings. The molecule has 0 N–H and O–H groups in total. The van der Waals surface area contributed by atoms with E-state index in [9.17, 15) is 0 Å². The van der Waals surface area contributed by atoms with Crippen molar-refractivity contribution in [3.63, 3.8) is 0 Å². The lowest BCUT2D eigenvalue weighted by Crippen LogP contribution is -2.29. The first kappa shape index (κ1) is 23.5. The Balaban J connectivity index is 3.66. The van der Waals surface area contributed by atoms with Gasteiger partial charge < -0.3 is 4.74 Å². The Hall–Kier alpha value is -0.500. The van der Waals surface area contributed by atoms with E-state index in [1.807, 2.05) is 0 Å². The van der Waals surface area contributed by atoms with Crippen LogP contribution in [-0.2, 0) is 4.74 Å². The first-order valence-electron chi connectivity index (χ1n) is 10.8. The lowest BCUT2D eigenvalue weighted by atomic mass is 10.1. The number of rotatable bonds is 20. The summed E-state index contributed by atoms with van der Waals surface area (Å²) in [6.45, 7) is 12.5. The van der Waals surface area contributed by atoms with Gasteiger partial charge in [0, 0.05) is 6.54 Å². The van der Waals surface area contributed by atoms with Gasteiger partial charge in [0.25, 0.3) is 0 Å². The van der Waals surface area contributed by atoms with Gasteiger partial charge in [-0.3, -0.25) is 4.90 Å². The third kappa shape index (κ3) is 17.8. The normalized spacial score (nSPS) is 11.1. The maximum Gasteiger partial charge on any atom is 0.0999 e. The SMILES string of the molecule is C=COCCN(CCCCCCCCC)CCCCCCCCC. The van der Waals surface area contributed by atoms with E-state index in [0.29, 0.717) is 0 Å². The van der Waals surface area contributed by atoms with Gasteiger partial charge in [-0.2, -0.15) is 0 Å². The van der Waals surface area contributed by atoms with Crippen LogP contribution in [0.5, 0.6) is 0 Å². The molecule has 144 valence electrons. The van der Waals surface area contributed by atoms with E-state index in [4.69, 9.17) is 4.74 Å². The first-order chi connectivity index (χ1) is 11.8. The minimum atomic E-state index is 0.788.